The molecule has 0 bridgehead atoms. The number of benzene rings is 1. The van der Waals surface area contributed by atoms with Gasteiger partial charge in [-0.05, 0) is 43.9 Å². The predicted molar refractivity (Wildman–Crippen MR) is 97.4 cm³/mol. The Morgan fingerprint density at radius 2 is 2.04 bits per heavy atom. The minimum Gasteiger partial charge on any atom is -0.508 e. The van der Waals surface area contributed by atoms with Gasteiger partial charge in [-0.1, -0.05) is 19.3 Å². The van der Waals surface area contributed by atoms with Crippen molar-refractivity contribution in [3.8, 4) is 5.75 Å². The molecular formula is C19H24N4O. The van der Waals surface area contributed by atoms with E-state index in [9.17, 15) is 5.11 Å². The maximum absolute atomic E-state index is 9.92. The van der Waals surface area contributed by atoms with E-state index in [2.05, 4.69) is 17.3 Å². The predicted octanol–water partition coefficient (Wildman–Crippen LogP) is 4.30. The molecule has 4 rings (SSSR count). The molecule has 0 unspecified atom stereocenters. The Morgan fingerprint density at radius 1 is 1.21 bits per heavy atom. The van der Waals surface area contributed by atoms with Crippen molar-refractivity contribution < 1.29 is 5.11 Å². The van der Waals surface area contributed by atoms with Gasteiger partial charge in [-0.15, -0.1) is 0 Å². The monoisotopic (exact) mass is 324 g/mol. The zero-order valence-corrected chi connectivity index (χ0v) is 14.1. The number of nitrogens with one attached hydrogen (secondary N) is 1. The van der Waals surface area contributed by atoms with Gasteiger partial charge in [0.2, 0.25) is 0 Å². The lowest BCUT2D eigenvalue weighted by atomic mass is 9.89. The molecule has 0 saturated heterocycles. The van der Waals surface area contributed by atoms with Crippen LogP contribution in [-0.2, 0) is 6.54 Å². The third kappa shape index (κ3) is 2.68. The quantitative estimate of drug-likeness (QED) is 0.751. The molecule has 0 amide bonds. The highest BCUT2D eigenvalue weighted by Gasteiger charge is 2.17. The number of phenols is 1. The molecule has 1 aliphatic carbocycles. The summed E-state index contributed by atoms with van der Waals surface area (Å²) in [7, 11) is 0. The van der Waals surface area contributed by atoms with Crippen LogP contribution in [0.4, 0.5) is 5.69 Å². The van der Waals surface area contributed by atoms with Crippen LogP contribution in [0.3, 0.4) is 0 Å². The van der Waals surface area contributed by atoms with Gasteiger partial charge in [0.1, 0.15) is 5.75 Å². The molecule has 5 heteroatoms. The number of aromatic nitrogens is 3. The topological polar surface area (TPSA) is 63.0 Å². The average molecular weight is 324 g/mol. The summed E-state index contributed by atoms with van der Waals surface area (Å²) in [6.07, 6.45) is 8.55. The summed E-state index contributed by atoms with van der Waals surface area (Å²) in [5.41, 5.74) is 2.85. The Labute approximate surface area is 141 Å². The number of pyridine rings is 1. The highest BCUT2D eigenvalue weighted by molar-refractivity contribution is 6.06. The molecule has 1 saturated carbocycles. The summed E-state index contributed by atoms with van der Waals surface area (Å²) in [5.74, 6) is 1.00. The van der Waals surface area contributed by atoms with Crippen molar-refractivity contribution in [2.75, 3.05) is 11.9 Å². The van der Waals surface area contributed by atoms with Gasteiger partial charge >= 0.3 is 0 Å². The van der Waals surface area contributed by atoms with Gasteiger partial charge in [0, 0.05) is 18.5 Å². The number of nitrogens with zero attached hydrogens (tertiary/aromatic N) is 3. The standard InChI is InChI=1S/C19H24N4O/c1-2-23-19-16(12-21-23)18(20-11-13-6-4-3-5-7-13)15-10-14(24)8-9-17(15)22-19/h8-10,12-13,24H,2-7,11H2,1H3,(H,20,22). The first-order chi connectivity index (χ1) is 11.8. The zero-order valence-electron chi connectivity index (χ0n) is 14.1. The van der Waals surface area contributed by atoms with Crippen LogP contribution >= 0.6 is 0 Å². The number of aryl methyl sites for hydroxylation is 1. The molecule has 5 nitrogen and oxygen atoms in total. The molecule has 0 spiro atoms. The van der Waals surface area contributed by atoms with Crippen molar-refractivity contribution in [1.29, 1.82) is 0 Å². The second kappa shape index (κ2) is 6.30. The zero-order chi connectivity index (χ0) is 16.5. The molecule has 24 heavy (non-hydrogen) atoms. The molecule has 1 aromatic carbocycles. The lowest BCUT2D eigenvalue weighted by Gasteiger charge is -2.23. The first-order valence-corrected chi connectivity index (χ1v) is 8.98. The maximum atomic E-state index is 9.92. The Morgan fingerprint density at radius 3 is 2.83 bits per heavy atom. The Hall–Kier alpha value is -2.30. The fourth-order valence-corrected chi connectivity index (χ4v) is 3.81. The highest BCUT2D eigenvalue weighted by Crippen LogP contribution is 2.33. The lowest BCUT2D eigenvalue weighted by molar-refractivity contribution is 0.373. The molecule has 0 radical (unpaired) electrons. The van der Waals surface area contributed by atoms with Gasteiger partial charge in [-0.2, -0.15) is 5.10 Å². The van der Waals surface area contributed by atoms with Crippen LogP contribution in [-0.4, -0.2) is 26.4 Å². The third-order valence-corrected chi connectivity index (χ3v) is 5.15. The molecular weight excluding hydrogens is 300 g/mol. The van der Waals surface area contributed by atoms with E-state index < -0.39 is 0 Å². The molecule has 2 aromatic heterocycles. The number of rotatable bonds is 4. The van der Waals surface area contributed by atoms with Gasteiger partial charge in [0.05, 0.1) is 22.8 Å². The molecule has 1 aliphatic rings. The van der Waals surface area contributed by atoms with E-state index in [1.165, 1.54) is 32.1 Å². The van der Waals surface area contributed by atoms with Crippen molar-refractivity contribution in [1.82, 2.24) is 14.8 Å². The van der Waals surface area contributed by atoms with E-state index in [0.29, 0.717) is 0 Å². The summed E-state index contributed by atoms with van der Waals surface area (Å²) >= 11 is 0. The summed E-state index contributed by atoms with van der Waals surface area (Å²) in [6, 6.07) is 5.37. The summed E-state index contributed by atoms with van der Waals surface area (Å²) in [4.78, 5) is 4.75. The van der Waals surface area contributed by atoms with Crippen LogP contribution in [0.5, 0.6) is 5.75 Å². The van der Waals surface area contributed by atoms with Crippen LogP contribution in [0.2, 0.25) is 0 Å². The van der Waals surface area contributed by atoms with Crippen LogP contribution in [0.1, 0.15) is 39.0 Å². The first-order valence-electron chi connectivity index (χ1n) is 8.98. The molecule has 126 valence electrons. The van der Waals surface area contributed by atoms with Crippen LogP contribution < -0.4 is 5.32 Å². The van der Waals surface area contributed by atoms with E-state index >= 15 is 0 Å². The molecule has 1 fully saturated rings. The Bertz CT molecular complexity index is 865. The van der Waals surface area contributed by atoms with Crippen molar-refractivity contribution in [3.63, 3.8) is 0 Å². The van der Waals surface area contributed by atoms with Gasteiger partial charge < -0.3 is 10.4 Å². The average Bonchev–Trinajstić information content (AvgIpc) is 3.02. The summed E-state index contributed by atoms with van der Waals surface area (Å²) in [5, 5.41) is 20.0. The first kappa shape index (κ1) is 15.2. The van der Waals surface area contributed by atoms with Crippen LogP contribution in [0, 0.1) is 5.92 Å². The fourth-order valence-electron chi connectivity index (χ4n) is 3.81. The second-order valence-corrected chi connectivity index (χ2v) is 6.77. The fraction of sp³-hybridized carbons (Fsp3) is 0.474. The van der Waals surface area contributed by atoms with Gasteiger partial charge in [0.15, 0.2) is 5.65 Å². The number of hydrogen-bond donors (Lipinski definition) is 2. The summed E-state index contributed by atoms with van der Waals surface area (Å²) in [6.45, 7) is 3.84. The van der Waals surface area contributed by atoms with E-state index in [-0.39, 0.29) is 5.75 Å². The van der Waals surface area contributed by atoms with Crippen molar-refractivity contribution in [3.05, 3.63) is 24.4 Å². The van der Waals surface area contributed by atoms with Crippen molar-refractivity contribution in [2.24, 2.45) is 5.92 Å². The SMILES string of the molecule is CCn1ncc2c(NCC3CCCCC3)c3cc(O)ccc3nc21. The van der Waals surface area contributed by atoms with Gasteiger partial charge in [0.25, 0.3) is 0 Å². The molecule has 3 aromatic rings. The second-order valence-electron chi connectivity index (χ2n) is 6.77. The van der Waals surface area contributed by atoms with E-state index in [1.807, 2.05) is 16.9 Å². The van der Waals surface area contributed by atoms with E-state index in [1.54, 1.807) is 12.1 Å². The van der Waals surface area contributed by atoms with Crippen LogP contribution in [0.15, 0.2) is 24.4 Å². The Balaban J connectivity index is 1.79. The maximum Gasteiger partial charge on any atom is 0.160 e. The molecule has 0 atom stereocenters. The van der Waals surface area contributed by atoms with Crippen molar-refractivity contribution in [2.45, 2.75) is 45.6 Å². The van der Waals surface area contributed by atoms with E-state index in [4.69, 9.17) is 4.98 Å². The minimum atomic E-state index is 0.271. The Kier molecular flexibility index (Phi) is 4.00. The summed E-state index contributed by atoms with van der Waals surface area (Å²) < 4.78 is 1.92. The number of phenolic OH excluding ortho intramolecular Hbond substituents is 1. The van der Waals surface area contributed by atoms with Crippen molar-refractivity contribution >= 4 is 27.6 Å². The molecule has 2 N–H and O–H groups in total. The van der Waals surface area contributed by atoms with E-state index in [0.717, 1.165) is 46.6 Å². The largest absolute Gasteiger partial charge is 0.508 e. The van der Waals surface area contributed by atoms with Crippen LogP contribution in [0.25, 0.3) is 21.9 Å². The normalized spacial score (nSPS) is 16.0. The molecule has 0 aliphatic heterocycles. The lowest BCUT2D eigenvalue weighted by Crippen LogP contribution is -2.17. The number of anilines is 1. The number of fused-ring (bicyclic) bond motifs is 2. The number of aromatic hydroxyl groups is 1. The van der Waals surface area contributed by atoms with Gasteiger partial charge in [-0.3, -0.25) is 0 Å². The minimum absolute atomic E-state index is 0.271. The number of hydrogen-bond acceptors (Lipinski definition) is 4. The molecule has 2 heterocycles. The smallest absolute Gasteiger partial charge is 0.160 e. The highest BCUT2D eigenvalue weighted by atomic mass is 16.3. The van der Waals surface area contributed by atoms with Gasteiger partial charge in [-0.25, -0.2) is 9.67 Å². The third-order valence-electron chi connectivity index (χ3n) is 5.15.